The number of benzene rings is 1. The molecule has 1 aliphatic rings. The molecular formula is C18H25N5O2. The minimum atomic E-state index is -0.0811. The van der Waals surface area contributed by atoms with Gasteiger partial charge < -0.3 is 15.8 Å². The highest BCUT2D eigenvalue weighted by Gasteiger charge is 2.13. The first kappa shape index (κ1) is 17.6. The van der Waals surface area contributed by atoms with Gasteiger partial charge in [0.05, 0.1) is 30.7 Å². The molecule has 25 heavy (non-hydrogen) atoms. The molecule has 0 radical (unpaired) electrons. The lowest BCUT2D eigenvalue weighted by molar-refractivity contribution is 0.0374. The molecule has 1 fully saturated rings. The summed E-state index contributed by atoms with van der Waals surface area (Å²) in [6.45, 7) is 5.60. The third kappa shape index (κ3) is 4.66. The van der Waals surface area contributed by atoms with E-state index in [1.54, 1.807) is 10.9 Å². The molecule has 0 atom stereocenters. The Labute approximate surface area is 147 Å². The first-order chi connectivity index (χ1) is 12.3. The van der Waals surface area contributed by atoms with E-state index < -0.39 is 0 Å². The van der Waals surface area contributed by atoms with Crippen LogP contribution in [0.4, 0.5) is 0 Å². The van der Waals surface area contributed by atoms with Crippen LogP contribution in [0.3, 0.4) is 0 Å². The number of aromatic nitrogens is 2. The third-order valence-corrected chi connectivity index (χ3v) is 4.31. The number of nitrogens with zero attached hydrogens (tertiary/aromatic N) is 3. The van der Waals surface area contributed by atoms with Gasteiger partial charge in [-0.2, -0.15) is 5.10 Å². The average molecular weight is 343 g/mol. The van der Waals surface area contributed by atoms with Crippen molar-refractivity contribution < 1.29 is 9.53 Å². The molecular weight excluding hydrogens is 318 g/mol. The topological polar surface area (TPSA) is 85.4 Å². The van der Waals surface area contributed by atoms with Crippen LogP contribution in [0.5, 0.6) is 0 Å². The van der Waals surface area contributed by atoms with E-state index in [2.05, 4.69) is 15.3 Å². The van der Waals surface area contributed by atoms with Gasteiger partial charge in [0.2, 0.25) is 0 Å². The van der Waals surface area contributed by atoms with E-state index >= 15 is 0 Å². The second-order valence-corrected chi connectivity index (χ2v) is 6.08. The Bertz CT molecular complexity index is 694. The largest absolute Gasteiger partial charge is 0.379 e. The number of morpholine rings is 1. The lowest BCUT2D eigenvalue weighted by Crippen LogP contribution is -2.38. The van der Waals surface area contributed by atoms with Crippen LogP contribution in [0.15, 0.2) is 36.7 Å². The summed E-state index contributed by atoms with van der Waals surface area (Å²) in [5.41, 5.74) is 7.94. The number of nitrogens with two attached hydrogens (primary N) is 1. The molecule has 0 bridgehead atoms. The first-order valence-electron chi connectivity index (χ1n) is 8.69. The Balaban J connectivity index is 1.56. The zero-order valence-electron chi connectivity index (χ0n) is 14.4. The molecule has 2 heterocycles. The van der Waals surface area contributed by atoms with Gasteiger partial charge in [-0.1, -0.05) is 12.1 Å². The molecule has 7 nitrogen and oxygen atoms in total. The summed E-state index contributed by atoms with van der Waals surface area (Å²) in [7, 11) is 0. The van der Waals surface area contributed by atoms with E-state index in [9.17, 15) is 4.79 Å². The molecule has 0 aliphatic carbocycles. The lowest BCUT2D eigenvalue weighted by atomic mass is 10.1. The predicted molar refractivity (Wildman–Crippen MR) is 95.7 cm³/mol. The van der Waals surface area contributed by atoms with Crippen LogP contribution < -0.4 is 11.1 Å². The van der Waals surface area contributed by atoms with Crippen molar-refractivity contribution in [2.45, 2.75) is 13.0 Å². The normalized spacial score (nSPS) is 15.2. The van der Waals surface area contributed by atoms with Gasteiger partial charge in [0.25, 0.3) is 5.91 Å². The van der Waals surface area contributed by atoms with Crippen molar-refractivity contribution >= 4 is 5.91 Å². The number of hydrogen-bond acceptors (Lipinski definition) is 5. The SMILES string of the molecule is NCc1cnn(-c2ccccc2C(=O)NCCCN2CCOCC2)c1. The maximum atomic E-state index is 12.6. The molecule has 0 unspecified atom stereocenters. The molecule has 0 spiro atoms. The van der Waals surface area contributed by atoms with Gasteiger partial charge in [0, 0.05) is 37.9 Å². The van der Waals surface area contributed by atoms with Crippen molar-refractivity contribution in [3.05, 3.63) is 47.8 Å². The Morgan fingerprint density at radius 3 is 2.84 bits per heavy atom. The number of rotatable bonds is 7. The smallest absolute Gasteiger partial charge is 0.253 e. The van der Waals surface area contributed by atoms with Crippen LogP contribution >= 0.6 is 0 Å². The summed E-state index contributed by atoms with van der Waals surface area (Å²) in [6.07, 6.45) is 4.49. The van der Waals surface area contributed by atoms with Crippen LogP contribution in [0.1, 0.15) is 22.3 Å². The fourth-order valence-electron chi connectivity index (χ4n) is 2.89. The van der Waals surface area contributed by atoms with Crippen molar-refractivity contribution in [1.29, 1.82) is 0 Å². The number of amides is 1. The van der Waals surface area contributed by atoms with Crippen molar-refractivity contribution in [2.75, 3.05) is 39.4 Å². The second-order valence-electron chi connectivity index (χ2n) is 6.08. The maximum Gasteiger partial charge on any atom is 0.253 e. The highest BCUT2D eigenvalue weighted by atomic mass is 16.5. The van der Waals surface area contributed by atoms with Crippen LogP contribution in [0, 0.1) is 0 Å². The van der Waals surface area contributed by atoms with Crippen molar-refractivity contribution in [3.8, 4) is 5.69 Å². The number of carbonyl (C=O) groups is 1. The predicted octanol–water partition coefficient (Wildman–Crippen LogP) is 0.783. The highest BCUT2D eigenvalue weighted by Crippen LogP contribution is 2.14. The molecule has 0 saturated carbocycles. The van der Waals surface area contributed by atoms with Crippen molar-refractivity contribution in [2.24, 2.45) is 5.73 Å². The maximum absolute atomic E-state index is 12.6. The van der Waals surface area contributed by atoms with Gasteiger partial charge in [0.1, 0.15) is 0 Å². The fraction of sp³-hybridized carbons (Fsp3) is 0.444. The molecule has 2 aromatic rings. The monoisotopic (exact) mass is 343 g/mol. The molecule has 3 rings (SSSR count). The van der Waals surface area contributed by atoms with Crippen LogP contribution in [-0.2, 0) is 11.3 Å². The van der Waals surface area contributed by atoms with E-state index in [1.807, 2.05) is 30.5 Å². The molecule has 1 saturated heterocycles. The standard InChI is InChI=1S/C18H25N5O2/c19-12-15-13-21-23(14-15)17-5-2-1-4-16(17)18(24)20-6-3-7-22-8-10-25-11-9-22/h1-2,4-5,13-14H,3,6-12,19H2,(H,20,24). The van der Waals surface area contributed by atoms with Crippen molar-refractivity contribution in [1.82, 2.24) is 20.0 Å². The van der Waals surface area contributed by atoms with Gasteiger partial charge in [0.15, 0.2) is 0 Å². The number of ether oxygens (including phenoxy) is 1. The number of para-hydroxylation sites is 1. The Hall–Kier alpha value is -2.22. The first-order valence-corrected chi connectivity index (χ1v) is 8.69. The van der Waals surface area contributed by atoms with Gasteiger partial charge in [-0.15, -0.1) is 0 Å². The molecule has 1 aromatic heterocycles. The number of hydrogen-bond donors (Lipinski definition) is 2. The zero-order chi connectivity index (χ0) is 17.5. The summed E-state index contributed by atoms with van der Waals surface area (Å²) in [5.74, 6) is -0.0811. The molecule has 1 amide bonds. The number of carbonyl (C=O) groups excluding carboxylic acids is 1. The van der Waals surface area contributed by atoms with Crippen molar-refractivity contribution in [3.63, 3.8) is 0 Å². The van der Waals surface area contributed by atoms with Gasteiger partial charge >= 0.3 is 0 Å². The van der Waals surface area contributed by atoms with Gasteiger partial charge in [-0.25, -0.2) is 4.68 Å². The summed E-state index contributed by atoms with van der Waals surface area (Å²) in [4.78, 5) is 14.9. The molecule has 1 aromatic carbocycles. The van der Waals surface area contributed by atoms with E-state index in [4.69, 9.17) is 10.5 Å². The highest BCUT2D eigenvalue weighted by molar-refractivity contribution is 5.97. The fourth-order valence-corrected chi connectivity index (χ4v) is 2.89. The second kappa shape index (κ2) is 8.75. The summed E-state index contributed by atoms with van der Waals surface area (Å²) >= 11 is 0. The quantitative estimate of drug-likeness (QED) is 0.726. The van der Waals surface area contributed by atoms with E-state index in [-0.39, 0.29) is 5.91 Å². The van der Waals surface area contributed by atoms with Crippen LogP contribution in [0.25, 0.3) is 5.69 Å². The van der Waals surface area contributed by atoms with Gasteiger partial charge in [-0.05, 0) is 25.1 Å². The molecule has 1 aliphatic heterocycles. The van der Waals surface area contributed by atoms with E-state index in [0.717, 1.165) is 50.5 Å². The summed E-state index contributed by atoms with van der Waals surface area (Å²) in [6, 6.07) is 7.46. The van der Waals surface area contributed by atoms with Gasteiger partial charge in [-0.3, -0.25) is 9.69 Å². The Morgan fingerprint density at radius 1 is 1.28 bits per heavy atom. The van der Waals surface area contributed by atoms with E-state index in [1.165, 1.54) is 0 Å². The van der Waals surface area contributed by atoms with Crippen LogP contribution in [-0.4, -0.2) is 60.0 Å². The Kier molecular flexibility index (Phi) is 6.16. The molecule has 3 N–H and O–H groups in total. The molecule has 134 valence electrons. The summed E-state index contributed by atoms with van der Waals surface area (Å²) < 4.78 is 7.04. The molecule has 7 heteroatoms. The minimum Gasteiger partial charge on any atom is -0.379 e. The third-order valence-electron chi connectivity index (χ3n) is 4.31. The zero-order valence-corrected chi connectivity index (χ0v) is 14.4. The Morgan fingerprint density at radius 2 is 2.08 bits per heavy atom. The lowest BCUT2D eigenvalue weighted by Gasteiger charge is -2.26. The summed E-state index contributed by atoms with van der Waals surface area (Å²) in [5, 5.41) is 7.30. The van der Waals surface area contributed by atoms with E-state index in [0.29, 0.717) is 18.7 Å². The minimum absolute atomic E-state index is 0.0811. The number of nitrogens with one attached hydrogen (secondary N) is 1. The average Bonchev–Trinajstić information content (AvgIpc) is 3.15. The van der Waals surface area contributed by atoms with Crippen LogP contribution in [0.2, 0.25) is 0 Å².